The molecule has 1 saturated heterocycles. The quantitative estimate of drug-likeness (QED) is 0.662. The summed E-state index contributed by atoms with van der Waals surface area (Å²) in [6.07, 6.45) is 4.07. The van der Waals surface area contributed by atoms with Crippen molar-refractivity contribution in [2.45, 2.75) is 19.0 Å². The SMILES string of the molecule is O=S1(=O)CCC(Nc2nc(NCc3ccncc3)cc(-c3ccccc3)n2)C1. The Morgan fingerprint density at radius 3 is 2.54 bits per heavy atom. The van der Waals surface area contributed by atoms with Crippen molar-refractivity contribution in [2.24, 2.45) is 0 Å². The lowest BCUT2D eigenvalue weighted by Gasteiger charge is -2.14. The predicted octanol–water partition coefficient (Wildman–Crippen LogP) is 2.75. The van der Waals surface area contributed by atoms with Crippen molar-refractivity contribution < 1.29 is 8.42 Å². The molecule has 0 amide bonds. The third-order valence-corrected chi connectivity index (χ3v) is 6.35. The zero-order chi connectivity index (χ0) is 19.4. The largest absolute Gasteiger partial charge is 0.366 e. The van der Waals surface area contributed by atoms with E-state index in [9.17, 15) is 8.42 Å². The molecule has 28 heavy (non-hydrogen) atoms. The van der Waals surface area contributed by atoms with Gasteiger partial charge in [0.2, 0.25) is 5.95 Å². The van der Waals surface area contributed by atoms with Gasteiger partial charge in [-0.2, -0.15) is 4.98 Å². The number of nitrogens with zero attached hydrogens (tertiary/aromatic N) is 3. The minimum Gasteiger partial charge on any atom is -0.366 e. The lowest BCUT2D eigenvalue weighted by molar-refractivity contribution is 0.602. The average molecular weight is 395 g/mol. The van der Waals surface area contributed by atoms with Crippen LogP contribution in [0.1, 0.15) is 12.0 Å². The first-order valence-corrected chi connectivity index (χ1v) is 10.9. The van der Waals surface area contributed by atoms with Crippen LogP contribution in [0.15, 0.2) is 60.9 Å². The summed E-state index contributed by atoms with van der Waals surface area (Å²) in [7, 11) is -2.97. The van der Waals surface area contributed by atoms with Crippen LogP contribution in [0.2, 0.25) is 0 Å². The molecule has 0 spiro atoms. The maximum Gasteiger partial charge on any atom is 0.225 e. The molecule has 2 aromatic heterocycles. The second-order valence-electron chi connectivity index (χ2n) is 6.78. The zero-order valence-corrected chi connectivity index (χ0v) is 16.1. The first-order valence-electron chi connectivity index (χ1n) is 9.12. The molecule has 7 nitrogen and oxygen atoms in total. The van der Waals surface area contributed by atoms with Crippen LogP contribution < -0.4 is 10.6 Å². The summed E-state index contributed by atoms with van der Waals surface area (Å²) in [6.45, 7) is 0.602. The summed E-state index contributed by atoms with van der Waals surface area (Å²) in [5.41, 5.74) is 2.83. The zero-order valence-electron chi connectivity index (χ0n) is 15.2. The van der Waals surface area contributed by atoms with Crippen molar-refractivity contribution in [1.29, 1.82) is 0 Å². The highest BCUT2D eigenvalue weighted by Crippen LogP contribution is 2.23. The molecule has 8 heteroatoms. The average Bonchev–Trinajstić information content (AvgIpc) is 3.06. The molecule has 1 aliphatic heterocycles. The maximum atomic E-state index is 11.7. The van der Waals surface area contributed by atoms with E-state index in [1.807, 2.05) is 48.5 Å². The van der Waals surface area contributed by atoms with Gasteiger partial charge in [0.15, 0.2) is 9.84 Å². The number of pyridine rings is 1. The van der Waals surface area contributed by atoms with Crippen LogP contribution in [0.5, 0.6) is 0 Å². The third-order valence-electron chi connectivity index (χ3n) is 4.58. The van der Waals surface area contributed by atoms with Gasteiger partial charge in [-0.05, 0) is 24.1 Å². The van der Waals surface area contributed by atoms with Crippen LogP contribution in [0, 0.1) is 0 Å². The Balaban J connectivity index is 1.59. The number of nitrogens with one attached hydrogen (secondary N) is 2. The van der Waals surface area contributed by atoms with Crippen LogP contribution in [-0.4, -0.2) is 40.9 Å². The summed E-state index contributed by atoms with van der Waals surface area (Å²) in [4.78, 5) is 13.2. The van der Waals surface area contributed by atoms with Gasteiger partial charge in [-0.25, -0.2) is 13.4 Å². The van der Waals surface area contributed by atoms with Crippen molar-refractivity contribution >= 4 is 21.6 Å². The molecule has 1 aromatic carbocycles. The molecule has 144 valence electrons. The normalized spacial score (nSPS) is 17.9. The molecule has 2 N–H and O–H groups in total. The fourth-order valence-corrected chi connectivity index (χ4v) is 4.82. The molecule has 0 aliphatic carbocycles. The Labute approximate surface area is 164 Å². The summed E-state index contributed by atoms with van der Waals surface area (Å²) < 4.78 is 23.5. The van der Waals surface area contributed by atoms with E-state index >= 15 is 0 Å². The molecule has 1 unspecified atom stereocenters. The minimum atomic E-state index is -2.97. The summed E-state index contributed by atoms with van der Waals surface area (Å²) in [5, 5.41) is 6.51. The number of hydrogen-bond donors (Lipinski definition) is 2. The maximum absolute atomic E-state index is 11.7. The third kappa shape index (κ3) is 4.64. The monoisotopic (exact) mass is 395 g/mol. The lowest BCUT2D eigenvalue weighted by atomic mass is 10.1. The van der Waals surface area contributed by atoms with Gasteiger partial charge >= 0.3 is 0 Å². The molecular weight excluding hydrogens is 374 g/mol. The van der Waals surface area contributed by atoms with Crippen LogP contribution in [-0.2, 0) is 16.4 Å². The van der Waals surface area contributed by atoms with Gasteiger partial charge in [0.05, 0.1) is 17.2 Å². The molecule has 1 fully saturated rings. The number of anilines is 2. The molecule has 0 radical (unpaired) electrons. The second kappa shape index (κ2) is 7.93. The van der Waals surface area contributed by atoms with Crippen LogP contribution in [0.3, 0.4) is 0 Å². The van der Waals surface area contributed by atoms with E-state index in [2.05, 4.69) is 25.6 Å². The first-order chi connectivity index (χ1) is 13.6. The summed E-state index contributed by atoms with van der Waals surface area (Å²) in [5.74, 6) is 1.43. The van der Waals surface area contributed by atoms with Gasteiger partial charge in [0.1, 0.15) is 5.82 Å². The van der Waals surface area contributed by atoms with Crippen LogP contribution in [0.4, 0.5) is 11.8 Å². The lowest BCUT2D eigenvalue weighted by Crippen LogP contribution is -2.22. The van der Waals surface area contributed by atoms with Gasteiger partial charge in [-0.3, -0.25) is 4.98 Å². The predicted molar refractivity (Wildman–Crippen MR) is 110 cm³/mol. The molecule has 3 heterocycles. The smallest absolute Gasteiger partial charge is 0.225 e. The Kier molecular flexibility index (Phi) is 5.21. The van der Waals surface area contributed by atoms with Gasteiger partial charge in [-0.15, -0.1) is 0 Å². The highest BCUT2D eigenvalue weighted by Gasteiger charge is 2.28. The summed E-state index contributed by atoms with van der Waals surface area (Å²) in [6, 6.07) is 15.4. The second-order valence-corrected chi connectivity index (χ2v) is 9.01. The van der Waals surface area contributed by atoms with E-state index in [-0.39, 0.29) is 17.5 Å². The number of benzene rings is 1. The number of rotatable bonds is 6. The van der Waals surface area contributed by atoms with E-state index in [0.717, 1.165) is 16.8 Å². The highest BCUT2D eigenvalue weighted by atomic mass is 32.2. The molecule has 3 aromatic rings. The molecule has 1 aliphatic rings. The van der Waals surface area contributed by atoms with E-state index in [0.29, 0.717) is 24.7 Å². The number of sulfone groups is 1. The van der Waals surface area contributed by atoms with Gasteiger partial charge in [0.25, 0.3) is 0 Å². The van der Waals surface area contributed by atoms with Gasteiger partial charge in [-0.1, -0.05) is 30.3 Å². The molecule has 4 rings (SSSR count). The fourth-order valence-electron chi connectivity index (χ4n) is 3.14. The molecule has 0 saturated carbocycles. The fraction of sp³-hybridized carbons (Fsp3) is 0.250. The first kappa shape index (κ1) is 18.4. The molecular formula is C20H21N5O2S. The van der Waals surface area contributed by atoms with E-state index in [1.165, 1.54) is 0 Å². The van der Waals surface area contributed by atoms with Crippen LogP contribution >= 0.6 is 0 Å². The van der Waals surface area contributed by atoms with Gasteiger partial charge in [0, 0.05) is 36.6 Å². The molecule has 0 bridgehead atoms. The number of hydrogen-bond acceptors (Lipinski definition) is 7. The van der Waals surface area contributed by atoms with E-state index in [1.54, 1.807) is 12.4 Å². The Bertz CT molecular complexity index is 1040. The van der Waals surface area contributed by atoms with E-state index in [4.69, 9.17) is 0 Å². The van der Waals surface area contributed by atoms with Crippen molar-refractivity contribution in [3.8, 4) is 11.3 Å². The van der Waals surface area contributed by atoms with Crippen molar-refractivity contribution in [3.63, 3.8) is 0 Å². The van der Waals surface area contributed by atoms with Crippen molar-refractivity contribution in [2.75, 3.05) is 22.1 Å². The van der Waals surface area contributed by atoms with Crippen LogP contribution in [0.25, 0.3) is 11.3 Å². The standard InChI is InChI=1S/C20H21N5O2S/c26-28(27)11-8-17(14-28)23-20-24-18(16-4-2-1-3-5-16)12-19(25-20)22-13-15-6-9-21-10-7-15/h1-7,9-10,12,17H,8,11,13-14H2,(H2,22,23,24,25). The highest BCUT2D eigenvalue weighted by molar-refractivity contribution is 7.91. The Morgan fingerprint density at radius 1 is 1.04 bits per heavy atom. The van der Waals surface area contributed by atoms with E-state index < -0.39 is 9.84 Å². The Hall–Kier alpha value is -3.00. The summed E-state index contributed by atoms with van der Waals surface area (Å²) >= 11 is 0. The van der Waals surface area contributed by atoms with Crippen molar-refractivity contribution in [3.05, 3.63) is 66.5 Å². The topological polar surface area (TPSA) is 96.9 Å². The van der Waals surface area contributed by atoms with Crippen molar-refractivity contribution in [1.82, 2.24) is 15.0 Å². The van der Waals surface area contributed by atoms with Gasteiger partial charge < -0.3 is 10.6 Å². The minimum absolute atomic E-state index is 0.117. The Morgan fingerprint density at radius 2 is 1.82 bits per heavy atom. The molecule has 1 atom stereocenters. The number of aromatic nitrogens is 3.